The number of aliphatic hydroxyl groups is 1. The highest BCUT2D eigenvalue weighted by Crippen LogP contribution is 2.58. The summed E-state index contributed by atoms with van der Waals surface area (Å²) in [5, 5.41) is 11.1. The van der Waals surface area contributed by atoms with Crippen molar-refractivity contribution in [3.8, 4) is 11.8 Å². The first-order chi connectivity index (χ1) is 12.2. The molecular formula is C24H40O. The lowest BCUT2D eigenvalue weighted by Gasteiger charge is -2.42. The zero-order valence-electron chi connectivity index (χ0n) is 16.6. The fraction of sp³-hybridized carbons (Fsp3) is 0.917. The number of fused-ring (bicyclic) bond motifs is 2. The third kappa shape index (κ3) is 5.26. The van der Waals surface area contributed by atoms with Crippen LogP contribution < -0.4 is 0 Å². The molecule has 2 unspecified atom stereocenters. The SMILES string of the molecule is CCCCCCCCCCCCC#CC1(O)C[C@@H]2C[C@@H]3CC1[C@H](C2)C3. The molecule has 3 rings (SSSR count). The average Bonchev–Trinajstić information content (AvgIpc) is 2.85. The van der Waals surface area contributed by atoms with Gasteiger partial charge in [0.2, 0.25) is 0 Å². The maximum Gasteiger partial charge on any atom is 0.128 e. The predicted octanol–water partition coefficient (Wildman–Crippen LogP) is 6.49. The lowest BCUT2D eigenvalue weighted by atomic mass is 9.65. The van der Waals surface area contributed by atoms with Gasteiger partial charge >= 0.3 is 0 Å². The minimum absolute atomic E-state index is 0.497. The van der Waals surface area contributed by atoms with Crippen LogP contribution in [0.25, 0.3) is 0 Å². The summed E-state index contributed by atoms with van der Waals surface area (Å²) >= 11 is 0. The van der Waals surface area contributed by atoms with Gasteiger partial charge in [-0.2, -0.15) is 0 Å². The molecule has 1 N–H and O–H groups in total. The molecule has 0 aliphatic heterocycles. The Labute approximate surface area is 156 Å². The van der Waals surface area contributed by atoms with Crippen molar-refractivity contribution in [1.29, 1.82) is 0 Å². The van der Waals surface area contributed by atoms with Gasteiger partial charge in [0.05, 0.1) is 0 Å². The van der Waals surface area contributed by atoms with Crippen LogP contribution in [-0.4, -0.2) is 10.7 Å². The van der Waals surface area contributed by atoms with Gasteiger partial charge in [-0.1, -0.05) is 70.6 Å². The smallest absolute Gasteiger partial charge is 0.128 e. The molecule has 0 saturated heterocycles. The molecule has 1 nitrogen and oxygen atoms in total. The molecule has 3 saturated carbocycles. The first kappa shape index (κ1) is 19.3. The van der Waals surface area contributed by atoms with E-state index in [1.165, 1.54) is 89.9 Å². The molecule has 3 aliphatic rings. The first-order valence-electron chi connectivity index (χ1n) is 11.4. The van der Waals surface area contributed by atoms with Crippen LogP contribution in [0.2, 0.25) is 0 Å². The van der Waals surface area contributed by atoms with Crippen LogP contribution in [0.1, 0.15) is 110 Å². The van der Waals surface area contributed by atoms with E-state index in [0.29, 0.717) is 5.92 Å². The second kappa shape index (κ2) is 9.45. The molecule has 3 aliphatic carbocycles. The molecule has 0 heterocycles. The van der Waals surface area contributed by atoms with Gasteiger partial charge in [0.15, 0.2) is 0 Å². The van der Waals surface area contributed by atoms with Crippen molar-refractivity contribution in [3.05, 3.63) is 0 Å². The van der Waals surface area contributed by atoms with Crippen molar-refractivity contribution in [2.75, 3.05) is 0 Å². The summed E-state index contributed by atoms with van der Waals surface area (Å²) in [4.78, 5) is 0. The molecule has 142 valence electrons. The van der Waals surface area contributed by atoms with Crippen molar-refractivity contribution in [3.63, 3.8) is 0 Å². The number of hydrogen-bond donors (Lipinski definition) is 1. The number of unbranched alkanes of at least 4 members (excludes halogenated alkanes) is 10. The fourth-order valence-corrected chi connectivity index (χ4v) is 6.09. The summed E-state index contributed by atoms with van der Waals surface area (Å²) in [5.74, 6) is 9.69. The maximum atomic E-state index is 11.1. The van der Waals surface area contributed by atoms with Crippen LogP contribution in [0.4, 0.5) is 0 Å². The van der Waals surface area contributed by atoms with Gasteiger partial charge in [-0.05, 0) is 56.3 Å². The molecule has 0 radical (unpaired) electrons. The molecule has 0 amide bonds. The van der Waals surface area contributed by atoms with Gasteiger partial charge in [0, 0.05) is 12.3 Å². The highest BCUT2D eigenvalue weighted by molar-refractivity contribution is 5.21. The lowest BCUT2D eigenvalue weighted by Crippen LogP contribution is -2.44. The molecule has 3 bridgehead atoms. The van der Waals surface area contributed by atoms with Crippen LogP contribution in [0.15, 0.2) is 0 Å². The Kier molecular flexibility index (Phi) is 7.29. The van der Waals surface area contributed by atoms with Crippen molar-refractivity contribution in [2.24, 2.45) is 23.7 Å². The van der Waals surface area contributed by atoms with Gasteiger partial charge in [0.1, 0.15) is 5.60 Å². The molecule has 0 aromatic heterocycles. The largest absolute Gasteiger partial charge is 0.377 e. The average molecular weight is 345 g/mol. The van der Waals surface area contributed by atoms with E-state index >= 15 is 0 Å². The summed E-state index contributed by atoms with van der Waals surface area (Å²) in [7, 11) is 0. The van der Waals surface area contributed by atoms with Crippen LogP contribution >= 0.6 is 0 Å². The van der Waals surface area contributed by atoms with E-state index in [0.717, 1.165) is 30.6 Å². The summed E-state index contributed by atoms with van der Waals surface area (Å²) < 4.78 is 0. The molecule has 25 heavy (non-hydrogen) atoms. The quantitative estimate of drug-likeness (QED) is 0.355. The van der Waals surface area contributed by atoms with E-state index in [1.807, 2.05) is 0 Å². The van der Waals surface area contributed by atoms with Gasteiger partial charge < -0.3 is 5.11 Å². The second-order valence-corrected chi connectivity index (χ2v) is 9.40. The van der Waals surface area contributed by atoms with E-state index in [9.17, 15) is 5.11 Å². The zero-order valence-corrected chi connectivity index (χ0v) is 16.6. The normalized spacial score (nSPS) is 35.6. The van der Waals surface area contributed by atoms with E-state index in [-0.39, 0.29) is 0 Å². The molecule has 5 atom stereocenters. The van der Waals surface area contributed by atoms with Gasteiger partial charge in [-0.3, -0.25) is 0 Å². The highest BCUT2D eigenvalue weighted by Gasteiger charge is 2.55. The summed E-state index contributed by atoms with van der Waals surface area (Å²) in [6.45, 7) is 2.28. The minimum atomic E-state index is -0.628. The topological polar surface area (TPSA) is 20.2 Å². The monoisotopic (exact) mass is 344 g/mol. The van der Waals surface area contributed by atoms with Crippen LogP contribution in [0.5, 0.6) is 0 Å². The zero-order chi connectivity index (χ0) is 17.5. The van der Waals surface area contributed by atoms with Crippen molar-refractivity contribution in [2.45, 2.75) is 115 Å². The molecule has 0 aromatic carbocycles. The number of rotatable bonds is 10. The van der Waals surface area contributed by atoms with E-state index in [4.69, 9.17) is 0 Å². The minimum Gasteiger partial charge on any atom is -0.377 e. The van der Waals surface area contributed by atoms with Crippen LogP contribution in [0.3, 0.4) is 0 Å². The Hall–Kier alpha value is -0.480. The highest BCUT2D eigenvalue weighted by atomic mass is 16.3. The van der Waals surface area contributed by atoms with Crippen LogP contribution in [-0.2, 0) is 0 Å². The molecular weight excluding hydrogens is 304 g/mol. The Morgan fingerprint density at radius 1 is 0.800 bits per heavy atom. The van der Waals surface area contributed by atoms with E-state index in [2.05, 4.69) is 18.8 Å². The Morgan fingerprint density at radius 2 is 1.44 bits per heavy atom. The Morgan fingerprint density at radius 3 is 2.16 bits per heavy atom. The fourth-order valence-electron chi connectivity index (χ4n) is 6.09. The van der Waals surface area contributed by atoms with Gasteiger partial charge in [-0.25, -0.2) is 0 Å². The summed E-state index contributed by atoms with van der Waals surface area (Å²) in [6.07, 6.45) is 21.1. The lowest BCUT2D eigenvalue weighted by molar-refractivity contribution is -0.0352. The van der Waals surface area contributed by atoms with Gasteiger partial charge in [0.25, 0.3) is 0 Å². The maximum absolute atomic E-state index is 11.1. The third-order valence-corrected chi connectivity index (χ3v) is 7.27. The summed E-state index contributed by atoms with van der Waals surface area (Å²) in [6, 6.07) is 0. The number of hydrogen-bond acceptors (Lipinski definition) is 1. The van der Waals surface area contributed by atoms with Crippen LogP contribution in [0, 0.1) is 35.5 Å². The summed E-state index contributed by atoms with van der Waals surface area (Å²) in [5.41, 5.74) is -0.628. The van der Waals surface area contributed by atoms with E-state index < -0.39 is 5.60 Å². The second-order valence-electron chi connectivity index (χ2n) is 9.40. The molecule has 0 spiro atoms. The first-order valence-corrected chi connectivity index (χ1v) is 11.4. The molecule has 0 aromatic rings. The predicted molar refractivity (Wildman–Crippen MR) is 106 cm³/mol. The third-order valence-electron chi connectivity index (χ3n) is 7.27. The van der Waals surface area contributed by atoms with Crippen molar-refractivity contribution >= 4 is 0 Å². The van der Waals surface area contributed by atoms with Gasteiger partial charge in [-0.15, -0.1) is 5.92 Å². The van der Waals surface area contributed by atoms with Crippen molar-refractivity contribution < 1.29 is 5.11 Å². The van der Waals surface area contributed by atoms with Crippen molar-refractivity contribution in [1.82, 2.24) is 0 Å². The standard InChI is InChI=1S/C24H40O/c1-2-3-4-5-6-7-8-9-10-11-12-13-14-24(25)19-21-15-20-16-22(17-21)23(24)18-20/h20-23,25H,2-12,15-19H2,1H3/t20-,21+,22-,23?,24?/m0/s1. The Bertz CT molecular complexity index is 456. The Balaban J connectivity index is 1.26. The molecule has 3 fully saturated rings. The molecule has 1 heteroatoms. The van der Waals surface area contributed by atoms with E-state index in [1.54, 1.807) is 0 Å².